The van der Waals surface area contributed by atoms with Gasteiger partial charge in [0, 0.05) is 19.5 Å². The molecule has 2 aliphatic rings. The quantitative estimate of drug-likeness (QED) is 0.809. The molecular weight excluding hydrogens is 252 g/mol. The van der Waals surface area contributed by atoms with Gasteiger partial charge in [0.25, 0.3) is 0 Å². The summed E-state index contributed by atoms with van der Waals surface area (Å²) in [6, 6.07) is 0. The van der Waals surface area contributed by atoms with Crippen LogP contribution in [-0.2, 0) is 24.2 Å². The highest BCUT2D eigenvalue weighted by atomic mass is 16.5. The Labute approximate surface area is 121 Å². The molecule has 5 heteroatoms. The molecule has 1 saturated carbocycles. The summed E-state index contributed by atoms with van der Waals surface area (Å²) in [6.45, 7) is 3.60. The summed E-state index contributed by atoms with van der Waals surface area (Å²) in [7, 11) is 0. The standard InChI is InChI=1S/C15H26N4O/c1-2-6-13(7-3-1)20-11-9-16-12-15-18-17-14-8-4-5-10-19(14)15/h13,16H,1-12H2. The summed E-state index contributed by atoms with van der Waals surface area (Å²) in [6.07, 6.45) is 10.6. The molecule has 5 nitrogen and oxygen atoms in total. The van der Waals surface area contributed by atoms with Gasteiger partial charge in [-0.3, -0.25) is 0 Å². The van der Waals surface area contributed by atoms with Gasteiger partial charge in [0.15, 0.2) is 0 Å². The van der Waals surface area contributed by atoms with Crippen LogP contribution in [0.3, 0.4) is 0 Å². The highest BCUT2D eigenvalue weighted by Crippen LogP contribution is 2.19. The Morgan fingerprint density at radius 2 is 2.00 bits per heavy atom. The summed E-state index contributed by atoms with van der Waals surface area (Å²) in [4.78, 5) is 0. The van der Waals surface area contributed by atoms with Gasteiger partial charge < -0.3 is 14.6 Å². The van der Waals surface area contributed by atoms with Crippen LogP contribution in [-0.4, -0.2) is 34.0 Å². The molecule has 0 radical (unpaired) electrons. The smallest absolute Gasteiger partial charge is 0.147 e. The van der Waals surface area contributed by atoms with Crippen molar-refractivity contribution in [3.8, 4) is 0 Å². The van der Waals surface area contributed by atoms with Gasteiger partial charge in [0.2, 0.25) is 0 Å². The van der Waals surface area contributed by atoms with Crippen molar-refractivity contribution in [1.82, 2.24) is 20.1 Å². The van der Waals surface area contributed by atoms with Crippen molar-refractivity contribution in [2.75, 3.05) is 13.2 Å². The number of rotatable bonds is 6. The second-order valence-corrected chi connectivity index (χ2v) is 5.95. The molecule has 0 bridgehead atoms. The second-order valence-electron chi connectivity index (χ2n) is 5.95. The molecule has 1 N–H and O–H groups in total. The number of nitrogens with zero attached hydrogens (tertiary/aromatic N) is 3. The molecule has 112 valence electrons. The van der Waals surface area contributed by atoms with Gasteiger partial charge in [-0.2, -0.15) is 0 Å². The predicted molar refractivity (Wildman–Crippen MR) is 77.5 cm³/mol. The maximum Gasteiger partial charge on any atom is 0.147 e. The summed E-state index contributed by atoms with van der Waals surface area (Å²) in [5.41, 5.74) is 0. The third kappa shape index (κ3) is 3.58. The molecule has 2 heterocycles. The average Bonchev–Trinajstić information content (AvgIpc) is 2.91. The topological polar surface area (TPSA) is 52.0 Å². The monoisotopic (exact) mass is 278 g/mol. The van der Waals surface area contributed by atoms with E-state index in [1.165, 1.54) is 44.9 Å². The molecule has 3 rings (SSSR count). The number of nitrogens with one attached hydrogen (secondary N) is 1. The molecule has 1 aromatic rings. The van der Waals surface area contributed by atoms with Crippen LogP contribution < -0.4 is 5.32 Å². The average molecular weight is 278 g/mol. The van der Waals surface area contributed by atoms with Gasteiger partial charge in [-0.05, 0) is 25.7 Å². The van der Waals surface area contributed by atoms with E-state index in [1.54, 1.807) is 0 Å². The minimum Gasteiger partial charge on any atom is -0.377 e. The number of aryl methyl sites for hydroxylation is 1. The lowest BCUT2D eigenvalue weighted by atomic mass is 9.98. The fraction of sp³-hybridized carbons (Fsp3) is 0.867. The van der Waals surface area contributed by atoms with Crippen molar-refractivity contribution in [2.45, 2.75) is 70.6 Å². The van der Waals surface area contributed by atoms with Gasteiger partial charge in [0.05, 0.1) is 19.3 Å². The second kappa shape index (κ2) is 7.18. The lowest BCUT2D eigenvalue weighted by Crippen LogP contribution is -2.26. The van der Waals surface area contributed by atoms with Gasteiger partial charge in [-0.15, -0.1) is 10.2 Å². The van der Waals surface area contributed by atoms with E-state index in [0.29, 0.717) is 6.10 Å². The van der Waals surface area contributed by atoms with E-state index in [9.17, 15) is 0 Å². The fourth-order valence-corrected chi connectivity index (χ4v) is 3.23. The Morgan fingerprint density at radius 1 is 1.10 bits per heavy atom. The number of aromatic nitrogens is 3. The summed E-state index contributed by atoms with van der Waals surface area (Å²) in [5.74, 6) is 2.24. The Balaban J connectivity index is 1.34. The molecule has 1 aliphatic carbocycles. The molecule has 1 aromatic heterocycles. The number of hydrogen-bond acceptors (Lipinski definition) is 4. The van der Waals surface area contributed by atoms with Crippen LogP contribution in [0.5, 0.6) is 0 Å². The number of hydrogen-bond donors (Lipinski definition) is 1. The van der Waals surface area contributed by atoms with Crippen LogP contribution >= 0.6 is 0 Å². The fourth-order valence-electron chi connectivity index (χ4n) is 3.23. The molecule has 0 atom stereocenters. The molecule has 1 fully saturated rings. The summed E-state index contributed by atoms with van der Waals surface area (Å²) >= 11 is 0. The maximum atomic E-state index is 5.91. The normalized spacial score (nSPS) is 20.0. The molecule has 0 spiro atoms. The molecule has 0 unspecified atom stereocenters. The highest BCUT2D eigenvalue weighted by molar-refractivity contribution is 4.98. The number of fused-ring (bicyclic) bond motifs is 1. The van der Waals surface area contributed by atoms with E-state index in [0.717, 1.165) is 44.3 Å². The van der Waals surface area contributed by atoms with Crippen LogP contribution in [0, 0.1) is 0 Å². The molecule has 20 heavy (non-hydrogen) atoms. The van der Waals surface area contributed by atoms with Crippen LogP contribution in [0.1, 0.15) is 56.6 Å². The van der Waals surface area contributed by atoms with Crippen molar-refractivity contribution in [3.63, 3.8) is 0 Å². The molecule has 0 amide bonds. The first-order valence-corrected chi connectivity index (χ1v) is 8.17. The third-order valence-corrected chi connectivity index (χ3v) is 4.40. The van der Waals surface area contributed by atoms with E-state index in [4.69, 9.17) is 4.74 Å². The van der Waals surface area contributed by atoms with E-state index in [1.807, 2.05) is 0 Å². The lowest BCUT2D eigenvalue weighted by molar-refractivity contribution is 0.0301. The Kier molecular flexibility index (Phi) is 5.03. The maximum absolute atomic E-state index is 5.91. The minimum absolute atomic E-state index is 0.506. The zero-order valence-electron chi connectivity index (χ0n) is 12.3. The van der Waals surface area contributed by atoms with E-state index in [2.05, 4.69) is 20.1 Å². The van der Waals surface area contributed by atoms with Crippen molar-refractivity contribution in [2.24, 2.45) is 0 Å². The Morgan fingerprint density at radius 3 is 2.90 bits per heavy atom. The summed E-state index contributed by atoms with van der Waals surface area (Å²) < 4.78 is 8.19. The zero-order chi connectivity index (χ0) is 13.6. The van der Waals surface area contributed by atoms with Crippen LogP contribution in [0.2, 0.25) is 0 Å². The van der Waals surface area contributed by atoms with Crippen molar-refractivity contribution in [1.29, 1.82) is 0 Å². The van der Waals surface area contributed by atoms with Crippen molar-refractivity contribution < 1.29 is 4.74 Å². The number of ether oxygens (including phenoxy) is 1. The van der Waals surface area contributed by atoms with Gasteiger partial charge in [-0.1, -0.05) is 19.3 Å². The van der Waals surface area contributed by atoms with E-state index < -0.39 is 0 Å². The molecular formula is C15H26N4O. The first kappa shape index (κ1) is 14.0. The SMILES string of the molecule is C1CCC(OCCNCc2nnc3n2CCCC3)CC1. The predicted octanol–water partition coefficient (Wildman–Crippen LogP) is 2.05. The Bertz CT molecular complexity index is 412. The van der Waals surface area contributed by atoms with Crippen LogP contribution in [0.15, 0.2) is 0 Å². The van der Waals surface area contributed by atoms with Gasteiger partial charge >= 0.3 is 0 Å². The first-order valence-electron chi connectivity index (χ1n) is 8.17. The van der Waals surface area contributed by atoms with Gasteiger partial charge in [0.1, 0.15) is 11.6 Å². The van der Waals surface area contributed by atoms with Gasteiger partial charge in [-0.25, -0.2) is 0 Å². The molecule has 0 aromatic carbocycles. The highest BCUT2D eigenvalue weighted by Gasteiger charge is 2.15. The molecule has 0 saturated heterocycles. The zero-order valence-corrected chi connectivity index (χ0v) is 12.3. The van der Waals surface area contributed by atoms with Crippen molar-refractivity contribution in [3.05, 3.63) is 11.6 Å². The Hall–Kier alpha value is -0.940. The lowest BCUT2D eigenvalue weighted by Gasteiger charge is -2.22. The third-order valence-electron chi connectivity index (χ3n) is 4.40. The largest absolute Gasteiger partial charge is 0.377 e. The summed E-state index contributed by atoms with van der Waals surface area (Å²) in [5, 5.41) is 12.0. The molecule has 1 aliphatic heterocycles. The van der Waals surface area contributed by atoms with E-state index in [-0.39, 0.29) is 0 Å². The van der Waals surface area contributed by atoms with Crippen LogP contribution in [0.25, 0.3) is 0 Å². The first-order chi connectivity index (χ1) is 9.93. The minimum atomic E-state index is 0.506. The van der Waals surface area contributed by atoms with Crippen LogP contribution in [0.4, 0.5) is 0 Å². The van der Waals surface area contributed by atoms with E-state index >= 15 is 0 Å². The van der Waals surface area contributed by atoms with Crippen molar-refractivity contribution >= 4 is 0 Å².